The minimum Gasteiger partial charge on any atom is -0.394 e. The Labute approximate surface area is 84.5 Å². The van der Waals surface area contributed by atoms with Crippen LogP contribution in [0.1, 0.15) is 25.7 Å². The van der Waals surface area contributed by atoms with E-state index in [4.69, 9.17) is 5.73 Å². The molecular weight excluding hydrogens is 176 g/mol. The summed E-state index contributed by atoms with van der Waals surface area (Å²) in [4.78, 5) is 0. The average Bonchev–Trinajstić information content (AvgIpc) is 2.36. The molecule has 0 aromatic carbocycles. The van der Waals surface area contributed by atoms with E-state index in [2.05, 4.69) is 10.4 Å². The van der Waals surface area contributed by atoms with Gasteiger partial charge in [-0.2, -0.15) is 5.10 Å². The minimum absolute atomic E-state index is 0.737. The smallest absolute Gasteiger partial charge is 0.171 e. The van der Waals surface area contributed by atoms with Crippen LogP contribution in [0.25, 0.3) is 0 Å². The largest absolute Gasteiger partial charge is 0.394 e. The number of anilines is 2. The van der Waals surface area contributed by atoms with Crippen molar-refractivity contribution in [3.63, 3.8) is 0 Å². The summed E-state index contributed by atoms with van der Waals surface area (Å²) in [6.07, 6.45) is 7.29. The minimum atomic E-state index is 0.737. The molecule has 1 aromatic heterocycles. The molecule has 4 nitrogen and oxygen atoms in total. The molecule has 3 N–H and O–H groups in total. The molecule has 0 saturated heterocycles. The molecule has 0 unspecified atom stereocenters. The van der Waals surface area contributed by atoms with Crippen LogP contribution in [0.3, 0.4) is 0 Å². The highest BCUT2D eigenvalue weighted by Gasteiger charge is 2.16. The molecule has 1 fully saturated rings. The number of aromatic nitrogens is 2. The molecule has 4 heteroatoms. The van der Waals surface area contributed by atoms with E-state index in [1.807, 2.05) is 13.2 Å². The molecule has 2 rings (SSSR count). The van der Waals surface area contributed by atoms with Gasteiger partial charge < -0.3 is 11.1 Å². The fourth-order valence-electron chi connectivity index (χ4n) is 1.82. The molecule has 0 atom stereocenters. The van der Waals surface area contributed by atoms with Gasteiger partial charge in [0.1, 0.15) is 0 Å². The van der Waals surface area contributed by atoms with Gasteiger partial charge >= 0.3 is 0 Å². The molecule has 1 heterocycles. The summed E-state index contributed by atoms with van der Waals surface area (Å²) in [5, 5.41) is 7.51. The Hall–Kier alpha value is -1.19. The van der Waals surface area contributed by atoms with Crippen LogP contribution >= 0.6 is 0 Å². The molecule has 1 aliphatic carbocycles. The monoisotopic (exact) mass is 194 g/mol. The van der Waals surface area contributed by atoms with Crippen molar-refractivity contribution in [2.75, 3.05) is 17.6 Å². The van der Waals surface area contributed by atoms with Crippen LogP contribution in [0.5, 0.6) is 0 Å². The Morgan fingerprint density at radius 3 is 2.93 bits per heavy atom. The molecular formula is C10H18N4. The first-order chi connectivity index (χ1) is 6.75. The topological polar surface area (TPSA) is 55.9 Å². The van der Waals surface area contributed by atoms with Crippen LogP contribution in [-0.2, 0) is 7.05 Å². The van der Waals surface area contributed by atoms with Gasteiger partial charge in [-0.05, 0) is 12.3 Å². The van der Waals surface area contributed by atoms with E-state index in [1.54, 1.807) is 4.68 Å². The van der Waals surface area contributed by atoms with Gasteiger partial charge in [0.05, 0.1) is 5.69 Å². The number of hydrogen-bond acceptors (Lipinski definition) is 3. The summed E-state index contributed by atoms with van der Waals surface area (Å²) in [6, 6.07) is 0. The Morgan fingerprint density at radius 1 is 1.64 bits per heavy atom. The highest BCUT2D eigenvalue weighted by molar-refractivity contribution is 5.59. The first-order valence-corrected chi connectivity index (χ1v) is 5.28. The van der Waals surface area contributed by atoms with E-state index in [9.17, 15) is 0 Å². The maximum atomic E-state index is 5.76. The maximum absolute atomic E-state index is 5.76. The number of hydrogen-bond donors (Lipinski definition) is 2. The second kappa shape index (κ2) is 3.90. The average molecular weight is 194 g/mol. The second-order valence-electron chi connectivity index (χ2n) is 4.12. The number of nitrogens with one attached hydrogen (secondary N) is 1. The van der Waals surface area contributed by atoms with Crippen LogP contribution in [0, 0.1) is 5.92 Å². The molecule has 78 valence electrons. The number of nitrogen functional groups attached to an aromatic ring is 1. The van der Waals surface area contributed by atoms with E-state index in [0.29, 0.717) is 0 Å². The van der Waals surface area contributed by atoms with Crippen molar-refractivity contribution in [3.05, 3.63) is 6.20 Å². The standard InChI is InChI=1S/C10H18N4/c1-14-7-9(11)10(13-14)12-6-5-8-3-2-4-8/h7-8H,2-6,11H2,1H3,(H,12,13). The van der Waals surface area contributed by atoms with E-state index in [1.165, 1.54) is 25.7 Å². The van der Waals surface area contributed by atoms with E-state index < -0.39 is 0 Å². The van der Waals surface area contributed by atoms with Crippen molar-refractivity contribution < 1.29 is 0 Å². The number of nitrogens with zero attached hydrogens (tertiary/aromatic N) is 2. The van der Waals surface area contributed by atoms with Crippen molar-refractivity contribution in [1.29, 1.82) is 0 Å². The van der Waals surface area contributed by atoms with Gasteiger partial charge in [0.25, 0.3) is 0 Å². The molecule has 0 spiro atoms. The molecule has 0 amide bonds. The number of nitrogens with two attached hydrogens (primary N) is 1. The predicted molar refractivity (Wildman–Crippen MR) is 58.1 cm³/mol. The maximum Gasteiger partial charge on any atom is 0.171 e. The van der Waals surface area contributed by atoms with Crippen LogP contribution in [0.4, 0.5) is 11.5 Å². The SMILES string of the molecule is Cn1cc(N)c(NCCC2CCC2)n1. The van der Waals surface area contributed by atoms with Crippen molar-refractivity contribution in [2.24, 2.45) is 13.0 Å². The number of rotatable bonds is 4. The lowest BCUT2D eigenvalue weighted by Crippen LogP contribution is -2.16. The lowest BCUT2D eigenvalue weighted by atomic mass is 9.83. The molecule has 14 heavy (non-hydrogen) atoms. The molecule has 0 bridgehead atoms. The van der Waals surface area contributed by atoms with Gasteiger partial charge in [0.15, 0.2) is 5.82 Å². The van der Waals surface area contributed by atoms with E-state index >= 15 is 0 Å². The fourth-order valence-corrected chi connectivity index (χ4v) is 1.82. The summed E-state index contributed by atoms with van der Waals surface area (Å²) in [6.45, 7) is 0.992. The Morgan fingerprint density at radius 2 is 2.43 bits per heavy atom. The van der Waals surface area contributed by atoms with Crippen molar-refractivity contribution in [1.82, 2.24) is 9.78 Å². The lowest BCUT2D eigenvalue weighted by Gasteiger charge is -2.25. The summed E-state index contributed by atoms with van der Waals surface area (Å²) in [5.74, 6) is 1.76. The van der Waals surface area contributed by atoms with E-state index in [-0.39, 0.29) is 0 Å². The Kier molecular flexibility index (Phi) is 2.61. The third-order valence-corrected chi connectivity index (χ3v) is 2.93. The van der Waals surface area contributed by atoms with Crippen molar-refractivity contribution in [3.8, 4) is 0 Å². The first kappa shape index (κ1) is 9.37. The summed E-state index contributed by atoms with van der Waals surface area (Å²) >= 11 is 0. The highest BCUT2D eigenvalue weighted by Crippen LogP contribution is 2.29. The third-order valence-electron chi connectivity index (χ3n) is 2.93. The lowest BCUT2D eigenvalue weighted by molar-refractivity contribution is 0.303. The zero-order valence-electron chi connectivity index (χ0n) is 8.66. The first-order valence-electron chi connectivity index (χ1n) is 5.28. The van der Waals surface area contributed by atoms with Crippen LogP contribution < -0.4 is 11.1 Å². The quantitative estimate of drug-likeness (QED) is 0.765. The zero-order valence-corrected chi connectivity index (χ0v) is 8.66. The van der Waals surface area contributed by atoms with Gasteiger partial charge in [0, 0.05) is 19.8 Å². The second-order valence-corrected chi connectivity index (χ2v) is 4.12. The highest BCUT2D eigenvalue weighted by atomic mass is 15.3. The van der Waals surface area contributed by atoms with Gasteiger partial charge in [-0.15, -0.1) is 0 Å². The zero-order chi connectivity index (χ0) is 9.97. The molecule has 1 aliphatic rings. The summed E-state index contributed by atoms with van der Waals surface area (Å²) in [5.41, 5.74) is 6.50. The Bertz CT molecular complexity index is 301. The summed E-state index contributed by atoms with van der Waals surface area (Å²) in [7, 11) is 1.88. The summed E-state index contributed by atoms with van der Waals surface area (Å²) < 4.78 is 1.74. The molecule has 0 radical (unpaired) electrons. The van der Waals surface area contributed by atoms with Crippen LogP contribution in [0.15, 0.2) is 6.20 Å². The van der Waals surface area contributed by atoms with Crippen LogP contribution in [0.2, 0.25) is 0 Å². The van der Waals surface area contributed by atoms with Crippen molar-refractivity contribution in [2.45, 2.75) is 25.7 Å². The third kappa shape index (κ3) is 2.00. The number of aryl methyl sites for hydroxylation is 1. The van der Waals surface area contributed by atoms with Crippen molar-refractivity contribution >= 4 is 11.5 Å². The van der Waals surface area contributed by atoms with Gasteiger partial charge in [0.2, 0.25) is 0 Å². The predicted octanol–water partition coefficient (Wildman–Crippen LogP) is 1.60. The Balaban J connectivity index is 1.76. The van der Waals surface area contributed by atoms with Crippen LogP contribution in [-0.4, -0.2) is 16.3 Å². The molecule has 0 aliphatic heterocycles. The van der Waals surface area contributed by atoms with Gasteiger partial charge in [-0.25, -0.2) is 0 Å². The van der Waals surface area contributed by atoms with Gasteiger partial charge in [-0.1, -0.05) is 19.3 Å². The molecule has 1 aromatic rings. The molecule has 1 saturated carbocycles. The fraction of sp³-hybridized carbons (Fsp3) is 0.700. The normalized spacial score (nSPS) is 16.6. The van der Waals surface area contributed by atoms with Gasteiger partial charge in [-0.3, -0.25) is 4.68 Å². The van der Waals surface area contributed by atoms with E-state index in [0.717, 1.165) is 24.0 Å².